The summed E-state index contributed by atoms with van der Waals surface area (Å²) in [7, 11) is 0. The van der Waals surface area contributed by atoms with Crippen LogP contribution in [0.25, 0.3) is 6.08 Å². The summed E-state index contributed by atoms with van der Waals surface area (Å²) in [4.78, 5) is 31.0. The number of hydrogen-bond donors (Lipinski definition) is 2. The topological polar surface area (TPSA) is 109 Å². The van der Waals surface area contributed by atoms with Crippen LogP contribution in [0, 0.1) is 24.2 Å². The molecule has 6 atom stereocenters. The molecule has 0 saturated carbocycles. The van der Waals surface area contributed by atoms with Crippen molar-refractivity contribution in [3.05, 3.63) is 21.7 Å². The van der Waals surface area contributed by atoms with Crippen molar-refractivity contribution in [3.8, 4) is 0 Å². The maximum Gasteiger partial charge on any atom is 0.306 e. The van der Waals surface area contributed by atoms with Gasteiger partial charge in [-0.3, -0.25) is 9.59 Å². The third-order valence-corrected chi connectivity index (χ3v) is 8.96. The summed E-state index contributed by atoms with van der Waals surface area (Å²) in [5.74, 6) is -1.82. The fourth-order valence-electron chi connectivity index (χ4n) is 5.68. The second-order valence-electron chi connectivity index (χ2n) is 12.0. The maximum atomic E-state index is 13.5. The molecule has 8 heteroatoms. The minimum absolute atomic E-state index is 0.0371. The highest BCUT2D eigenvalue weighted by molar-refractivity contribution is 7.09. The van der Waals surface area contributed by atoms with Crippen molar-refractivity contribution in [2.75, 3.05) is 0 Å². The first kappa shape index (κ1) is 29.9. The zero-order valence-corrected chi connectivity index (χ0v) is 24.3. The lowest BCUT2D eigenvalue weighted by molar-refractivity contribution is -0.165. The van der Waals surface area contributed by atoms with Gasteiger partial charge >= 0.3 is 5.97 Å². The van der Waals surface area contributed by atoms with Crippen molar-refractivity contribution in [2.24, 2.45) is 17.3 Å². The van der Waals surface area contributed by atoms with Crippen LogP contribution in [0.4, 0.5) is 0 Å². The number of fused-ring (bicyclic) bond motifs is 1. The van der Waals surface area contributed by atoms with Gasteiger partial charge in [-0.25, -0.2) is 4.98 Å². The second kappa shape index (κ2) is 11.6. The van der Waals surface area contributed by atoms with Crippen LogP contribution in [0.5, 0.6) is 0 Å². The zero-order chi connectivity index (χ0) is 27.6. The number of esters is 1. The Kier molecular flexibility index (Phi) is 9.42. The Balaban J connectivity index is 1.90. The normalized spacial score (nSPS) is 36.1. The van der Waals surface area contributed by atoms with Gasteiger partial charge in [0, 0.05) is 23.1 Å². The maximum absolute atomic E-state index is 13.5. The molecule has 2 saturated heterocycles. The number of aromatic nitrogens is 1. The van der Waals surface area contributed by atoms with Crippen LogP contribution in [0.1, 0.15) is 104 Å². The van der Waals surface area contributed by atoms with E-state index in [0.29, 0.717) is 30.0 Å². The van der Waals surface area contributed by atoms with E-state index < -0.39 is 35.0 Å². The summed E-state index contributed by atoms with van der Waals surface area (Å²) in [6, 6.07) is 0. The number of aliphatic hydroxyl groups excluding tert-OH is 1. The van der Waals surface area contributed by atoms with Gasteiger partial charge in [-0.2, -0.15) is 0 Å². The number of epoxide rings is 1. The Morgan fingerprint density at radius 2 is 1.97 bits per heavy atom. The van der Waals surface area contributed by atoms with E-state index in [-0.39, 0.29) is 18.1 Å². The molecule has 3 heterocycles. The molecule has 0 aliphatic carbocycles. The van der Waals surface area contributed by atoms with Gasteiger partial charge in [0.15, 0.2) is 12.2 Å². The molecule has 0 spiro atoms. The first-order valence-corrected chi connectivity index (χ1v) is 14.5. The molecule has 0 aromatic carbocycles. The van der Waals surface area contributed by atoms with Crippen molar-refractivity contribution in [1.29, 1.82) is 0 Å². The van der Waals surface area contributed by atoms with Gasteiger partial charge in [0.25, 0.3) is 0 Å². The number of ketones is 1. The number of nitrogens with zero attached hydrogens (tertiary/aromatic N) is 1. The predicted molar refractivity (Wildman–Crippen MR) is 145 cm³/mol. The molecule has 2 aliphatic rings. The van der Waals surface area contributed by atoms with Crippen LogP contribution in [-0.4, -0.2) is 50.5 Å². The number of carbonyl (C=O) groups excluding carboxylic acids is 2. The molecule has 0 radical (unpaired) electrons. The van der Waals surface area contributed by atoms with Crippen molar-refractivity contribution in [2.45, 2.75) is 123 Å². The molecule has 3 rings (SSSR count). The summed E-state index contributed by atoms with van der Waals surface area (Å²) < 4.78 is 11.6. The smallest absolute Gasteiger partial charge is 0.306 e. The minimum atomic E-state index is -1.81. The van der Waals surface area contributed by atoms with Crippen molar-refractivity contribution >= 4 is 29.2 Å². The lowest BCUT2D eigenvalue weighted by Gasteiger charge is -2.31. The van der Waals surface area contributed by atoms with Crippen LogP contribution in [0.15, 0.2) is 11.0 Å². The van der Waals surface area contributed by atoms with Gasteiger partial charge in [0.1, 0.15) is 11.4 Å². The van der Waals surface area contributed by atoms with E-state index in [1.807, 2.05) is 26.2 Å². The Hall–Kier alpha value is -1.61. The highest BCUT2D eigenvalue weighted by Gasteiger charge is 2.71. The molecule has 37 heavy (non-hydrogen) atoms. The molecule has 1 aromatic heterocycles. The molecular formula is C29H45NO6S. The molecular weight excluding hydrogens is 490 g/mol. The van der Waals surface area contributed by atoms with E-state index in [0.717, 1.165) is 37.1 Å². The largest absolute Gasteiger partial charge is 0.455 e. The molecule has 7 nitrogen and oxygen atoms in total. The number of ether oxygens (including phenoxy) is 2. The highest BCUT2D eigenvalue weighted by Crippen LogP contribution is 2.53. The molecule has 0 bridgehead atoms. The quantitative estimate of drug-likeness (QED) is 0.381. The molecule has 2 aliphatic heterocycles. The minimum Gasteiger partial charge on any atom is -0.455 e. The number of hydrogen-bond acceptors (Lipinski definition) is 8. The van der Waals surface area contributed by atoms with E-state index in [4.69, 9.17) is 9.47 Å². The summed E-state index contributed by atoms with van der Waals surface area (Å²) in [5, 5.41) is 25.4. The van der Waals surface area contributed by atoms with Gasteiger partial charge in [-0.15, -0.1) is 11.3 Å². The average molecular weight is 536 g/mol. The average Bonchev–Trinajstić information content (AvgIpc) is 3.14. The number of thiazole rings is 1. The van der Waals surface area contributed by atoms with Gasteiger partial charge in [0.05, 0.1) is 10.7 Å². The molecule has 1 aromatic rings. The monoisotopic (exact) mass is 535 g/mol. The van der Waals surface area contributed by atoms with E-state index in [1.165, 1.54) is 11.3 Å². The van der Waals surface area contributed by atoms with E-state index in [9.17, 15) is 19.8 Å². The number of rotatable bonds is 4. The van der Waals surface area contributed by atoms with Gasteiger partial charge in [-0.1, -0.05) is 47.0 Å². The third-order valence-electron chi connectivity index (χ3n) is 8.17. The van der Waals surface area contributed by atoms with Crippen LogP contribution in [0.2, 0.25) is 0 Å². The second-order valence-corrected chi connectivity index (χ2v) is 13.1. The van der Waals surface area contributed by atoms with E-state index in [2.05, 4.69) is 18.8 Å². The summed E-state index contributed by atoms with van der Waals surface area (Å²) in [6.07, 6.45) is 4.41. The van der Waals surface area contributed by atoms with Gasteiger partial charge in [-0.05, 0) is 64.0 Å². The Morgan fingerprint density at radius 1 is 1.27 bits per heavy atom. The van der Waals surface area contributed by atoms with Crippen molar-refractivity contribution in [3.63, 3.8) is 0 Å². The lowest BCUT2D eigenvalue weighted by Crippen LogP contribution is -2.47. The Labute approximate surface area is 225 Å². The summed E-state index contributed by atoms with van der Waals surface area (Å²) in [5.41, 5.74) is -0.343. The van der Waals surface area contributed by atoms with Crippen LogP contribution >= 0.6 is 11.3 Å². The van der Waals surface area contributed by atoms with Crippen LogP contribution < -0.4 is 0 Å². The molecule has 2 fully saturated rings. The first-order chi connectivity index (χ1) is 17.2. The predicted octanol–water partition coefficient (Wildman–Crippen LogP) is 5.61. The number of Topliss-reactive ketones (excluding diaryl/α,β-unsaturated/α-hetero) is 1. The number of cyclic esters (lactones) is 1. The first-order valence-electron chi connectivity index (χ1n) is 13.7. The molecule has 0 amide bonds. The highest BCUT2D eigenvalue weighted by atomic mass is 32.1. The van der Waals surface area contributed by atoms with Gasteiger partial charge < -0.3 is 19.7 Å². The summed E-state index contributed by atoms with van der Waals surface area (Å²) in [6.45, 7) is 13.5. The molecule has 2 N–H and O–H groups in total. The lowest BCUT2D eigenvalue weighted by atomic mass is 9.73. The SMILES string of the molecule is CCCC1CC(C)CCCC2(C)OC2(O)C(O)C(C(C)=Cc2csc(C)n2)OC(=O)CCC(C)(C)C1=O. The molecule has 6 unspecified atom stereocenters. The third kappa shape index (κ3) is 6.88. The van der Waals surface area contributed by atoms with Crippen LogP contribution in [-0.2, 0) is 19.1 Å². The number of aliphatic hydroxyl groups is 2. The van der Waals surface area contributed by atoms with E-state index >= 15 is 0 Å². The Bertz CT molecular complexity index is 1000. The molecule has 208 valence electrons. The fourth-order valence-corrected chi connectivity index (χ4v) is 6.25. The van der Waals surface area contributed by atoms with Crippen molar-refractivity contribution in [1.82, 2.24) is 4.98 Å². The standard InChI is InChI=1S/C29H45NO6S/c1-8-10-21-15-18(2)11-9-13-28(7)29(34,36-28)26(33)24(19(3)16-22-17-37-20(4)30-22)35-23(31)12-14-27(5,6)25(21)32/h16-18,21,24,26,33-34H,8-15H2,1-7H3. The van der Waals surface area contributed by atoms with E-state index in [1.54, 1.807) is 19.9 Å². The number of carbonyl (C=O) groups is 2. The van der Waals surface area contributed by atoms with Crippen molar-refractivity contribution < 1.29 is 29.3 Å². The fraction of sp³-hybridized carbons (Fsp3) is 0.759. The number of aryl methyl sites for hydroxylation is 1. The van der Waals surface area contributed by atoms with Gasteiger partial charge in [0.2, 0.25) is 5.79 Å². The summed E-state index contributed by atoms with van der Waals surface area (Å²) >= 11 is 1.50. The zero-order valence-electron chi connectivity index (χ0n) is 23.5. The van der Waals surface area contributed by atoms with Crippen LogP contribution in [0.3, 0.4) is 0 Å². The Morgan fingerprint density at radius 3 is 2.59 bits per heavy atom.